The Morgan fingerprint density at radius 1 is 1.06 bits per heavy atom. The van der Waals surface area contributed by atoms with E-state index in [0.717, 1.165) is 5.56 Å². The number of aromatic carboxylic acids is 1. The zero-order valence-electron chi connectivity index (χ0n) is 19.3. The number of carboxylic acids is 1. The maximum absolute atomic E-state index is 12.3. The summed E-state index contributed by atoms with van der Waals surface area (Å²) in [6, 6.07) is 14.1. The summed E-state index contributed by atoms with van der Waals surface area (Å²) < 4.78 is 17.6. The summed E-state index contributed by atoms with van der Waals surface area (Å²) in [5.74, 6) is -1.12. The third-order valence-corrected chi connectivity index (χ3v) is 5.92. The number of alkyl carbamates (subject to hydrolysis) is 1. The van der Waals surface area contributed by atoms with Gasteiger partial charge in [-0.05, 0) is 50.4 Å². The fourth-order valence-corrected chi connectivity index (χ4v) is 3.24. The highest BCUT2D eigenvalue weighted by atomic mass is 16.7. The molecule has 0 saturated carbocycles. The minimum Gasteiger partial charge on any atom is -0.478 e. The van der Waals surface area contributed by atoms with Crippen LogP contribution in [0.1, 0.15) is 49.2 Å². The molecule has 0 radical (unpaired) electrons. The first kappa shape index (κ1) is 24.3. The van der Waals surface area contributed by atoms with Crippen molar-refractivity contribution in [1.82, 2.24) is 5.32 Å². The fraction of sp³-hybridized carbons (Fsp3) is 0.333. The zero-order valence-corrected chi connectivity index (χ0v) is 19.3. The van der Waals surface area contributed by atoms with E-state index in [-0.39, 0.29) is 24.4 Å². The molecule has 33 heavy (non-hydrogen) atoms. The van der Waals surface area contributed by atoms with Crippen molar-refractivity contribution in [3.8, 4) is 0 Å². The van der Waals surface area contributed by atoms with Crippen LogP contribution in [0.5, 0.6) is 0 Å². The van der Waals surface area contributed by atoms with E-state index < -0.39 is 30.4 Å². The standard InChI is InChI=1S/C24H29BN2O6/c1-23(2)24(3,4)33-25(32-23)18(13-17-11-8-12-19(20(17)26)21(28)29)14-27-22(30)31-15-16-9-6-5-7-10-16/h5-13H,14-15,26H2,1-4H3,(H,27,30)(H,28,29). The van der Waals surface area contributed by atoms with E-state index in [4.69, 9.17) is 19.8 Å². The smallest absolute Gasteiger partial charge is 0.478 e. The number of benzene rings is 2. The summed E-state index contributed by atoms with van der Waals surface area (Å²) >= 11 is 0. The van der Waals surface area contributed by atoms with Gasteiger partial charge in [-0.25, -0.2) is 9.59 Å². The van der Waals surface area contributed by atoms with Crippen molar-refractivity contribution in [2.75, 3.05) is 12.3 Å². The van der Waals surface area contributed by atoms with Crippen LogP contribution in [0.4, 0.5) is 10.5 Å². The number of amides is 1. The van der Waals surface area contributed by atoms with Crippen LogP contribution in [0.2, 0.25) is 0 Å². The molecular weight excluding hydrogens is 423 g/mol. The van der Waals surface area contributed by atoms with E-state index in [2.05, 4.69) is 5.32 Å². The predicted octanol–water partition coefficient (Wildman–Crippen LogP) is 3.91. The summed E-state index contributed by atoms with van der Waals surface area (Å²) in [5.41, 5.74) is 6.92. The third kappa shape index (κ3) is 5.74. The van der Waals surface area contributed by atoms with Crippen molar-refractivity contribution in [3.05, 3.63) is 70.7 Å². The van der Waals surface area contributed by atoms with Gasteiger partial charge in [0.05, 0.1) is 22.5 Å². The largest absolute Gasteiger partial charge is 0.492 e. The van der Waals surface area contributed by atoms with Crippen LogP contribution in [-0.4, -0.2) is 42.0 Å². The molecule has 2 aromatic carbocycles. The molecule has 0 spiro atoms. The van der Waals surface area contributed by atoms with Crippen molar-refractivity contribution in [2.45, 2.75) is 45.5 Å². The Bertz CT molecular complexity index is 1040. The molecule has 0 unspecified atom stereocenters. The van der Waals surface area contributed by atoms with Gasteiger partial charge in [0.25, 0.3) is 0 Å². The first-order valence-electron chi connectivity index (χ1n) is 10.6. The monoisotopic (exact) mass is 452 g/mol. The molecule has 174 valence electrons. The molecule has 0 bridgehead atoms. The molecule has 1 fully saturated rings. The second kappa shape index (κ2) is 9.68. The van der Waals surface area contributed by atoms with Gasteiger partial charge in [-0.1, -0.05) is 48.5 Å². The molecule has 0 aromatic heterocycles. The number of para-hydroxylation sites is 1. The van der Waals surface area contributed by atoms with Crippen molar-refractivity contribution in [3.63, 3.8) is 0 Å². The molecule has 1 aliphatic heterocycles. The van der Waals surface area contributed by atoms with E-state index in [9.17, 15) is 14.7 Å². The molecule has 2 aromatic rings. The first-order valence-corrected chi connectivity index (χ1v) is 10.6. The number of hydrogen-bond acceptors (Lipinski definition) is 6. The van der Waals surface area contributed by atoms with Gasteiger partial charge in [-0.15, -0.1) is 0 Å². The lowest BCUT2D eigenvalue weighted by molar-refractivity contribution is 0.00578. The van der Waals surface area contributed by atoms with Crippen LogP contribution in [0.25, 0.3) is 6.08 Å². The van der Waals surface area contributed by atoms with Crippen LogP contribution >= 0.6 is 0 Å². The number of nitrogens with one attached hydrogen (secondary N) is 1. The fourth-order valence-electron chi connectivity index (χ4n) is 3.24. The van der Waals surface area contributed by atoms with Crippen molar-refractivity contribution >= 4 is 30.9 Å². The Kier molecular flexibility index (Phi) is 7.14. The number of carbonyl (C=O) groups is 2. The highest BCUT2D eigenvalue weighted by Crippen LogP contribution is 2.39. The minimum atomic E-state index is -1.12. The average Bonchev–Trinajstić information content (AvgIpc) is 2.98. The Labute approximate surface area is 193 Å². The maximum Gasteiger partial charge on any atom is 0.492 e. The second-order valence-corrected chi connectivity index (χ2v) is 8.84. The first-order chi connectivity index (χ1) is 15.5. The molecule has 1 amide bonds. The number of nitrogen functional groups attached to an aromatic ring is 1. The molecule has 1 aliphatic rings. The highest BCUT2D eigenvalue weighted by molar-refractivity contribution is 6.56. The molecular formula is C24H29BN2O6. The van der Waals surface area contributed by atoms with Crippen LogP contribution in [0.15, 0.2) is 54.0 Å². The maximum atomic E-state index is 12.3. The molecule has 0 atom stereocenters. The van der Waals surface area contributed by atoms with E-state index >= 15 is 0 Å². The molecule has 0 aliphatic carbocycles. The zero-order chi connectivity index (χ0) is 24.2. The Balaban J connectivity index is 1.81. The van der Waals surface area contributed by atoms with Gasteiger partial charge >= 0.3 is 19.2 Å². The van der Waals surface area contributed by atoms with Crippen molar-refractivity contribution < 1.29 is 28.7 Å². The van der Waals surface area contributed by atoms with Crippen molar-refractivity contribution in [2.24, 2.45) is 0 Å². The molecule has 1 heterocycles. The number of hydrogen-bond donors (Lipinski definition) is 3. The van der Waals surface area contributed by atoms with Gasteiger partial charge < -0.3 is 30.2 Å². The van der Waals surface area contributed by atoms with Crippen LogP contribution in [0.3, 0.4) is 0 Å². The number of rotatable bonds is 7. The summed E-state index contributed by atoms with van der Waals surface area (Å²) in [6.45, 7) is 7.88. The number of anilines is 1. The number of carbonyl (C=O) groups excluding carboxylic acids is 1. The van der Waals surface area contributed by atoms with Crippen LogP contribution in [-0.2, 0) is 20.7 Å². The van der Waals surface area contributed by atoms with Gasteiger partial charge in [0.2, 0.25) is 0 Å². The van der Waals surface area contributed by atoms with Gasteiger partial charge in [0.15, 0.2) is 0 Å². The second-order valence-electron chi connectivity index (χ2n) is 8.84. The van der Waals surface area contributed by atoms with E-state index in [0.29, 0.717) is 11.0 Å². The van der Waals surface area contributed by atoms with Crippen LogP contribution in [0, 0.1) is 0 Å². The quantitative estimate of drug-likeness (QED) is 0.430. The Morgan fingerprint density at radius 2 is 1.70 bits per heavy atom. The van der Waals surface area contributed by atoms with E-state index in [1.807, 2.05) is 58.0 Å². The highest BCUT2D eigenvalue weighted by Gasteiger charge is 2.52. The summed E-state index contributed by atoms with van der Waals surface area (Å²) in [4.78, 5) is 23.8. The topological polar surface area (TPSA) is 120 Å². The summed E-state index contributed by atoms with van der Waals surface area (Å²) in [6.07, 6.45) is 1.08. The number of ether oxygens (including phenoxy) is 1. The summed E-state index contributed by atoms with van der Waals surface area (Å²) in [7, 11) is -0.766. The Hall–Kier alpha value is -3.30. The number of carboxylic acid groups (broad SMARTS) is 1. The lowest BCUT2D eigenvalue weighted by Gasteiger charge is -2.32. The van der Waals surface area contributed by atoms with Gasteiger partial charge in [0, 0.05) is 6.54 Å². The number of nitrogens with two attached hydrogens (primary N) is 1. The Morgan fingerprint density at radius 3 is 2.30 bits per heavy atom. The van der Waals surface area contributed by atoms with Crippen molar-refractivity contribution in [1.29, 1.82) is 0 Å². The normalized spacial score (nSPS) is 17.0. The molecule has 8 nitrogen and oxygen atoms in total. The van der Waals surface area contributed by atoms with Crippen LogP contribution < -0.4 is 11.1 Å². The van der Waals surface area contributed by atoms with Gasteiger partial charge in [-0.3, -0.25) is 0 Å². The molecule has 3 rings (SSSR count). The molecule has 4 N–H and O–H groups in total. The van der Waals surface area contributed by atoms with E-state index in [1.165, 1.54) is 6.07 Å². The molecule has 9 heteroatoms. The van der Waals surface area contributed by atoms with E-state index in [1.54, 1.807) is 18.2 Å². The minimum absolute atomic E-state index is 0.00718. The predicted molar refractivity (Wildman–Crippen MR) is 127 cm³/mol. The SMILES string of the molecule is CC1(C)OB(C(=Cc2cccc(C(=O)O)c2N)CNC(=O)OCc2ccccc2)OC1(C)C. The summed E-state index contributed by atoms with van der Waals surface area (Å²) in [5, 5.41) is 12.1. The lowest BCUT2D eigenvalue weighted by atomic mass is 9.76. The molecule has 1 saturated heterocycles. The lowest BCUT2D eigenvalue weighted by Crippen LogP contribution is -2.41. The average molecular weight is 452 g/mol. The third-order valence-electron chi connectivity index (χ3n) is 5.92. The van der Waals surface area contributed by atoms with Gasteiger partial charge in [-0.2, -0.15) is 0 Å². The van der Waals surface area contributed by atoms with Gasteiger partial charge in [0.1, 0.15) is 6.61 Å².